The van der Waals surface area contributed by atoms with E-state index in [1.165, 1.54) is 11.4 Å². The van der Waals surface area contributed by atoms with Gasteiger partial charge in [0.1, 0.15) is 17.2 Å². The highest BCUT2D eigenvalue weighted by molar-refractivity contribution is 7.80. The molecule has 0 fully saturated rings. The Hall–Kier alpha value is -2.64. The second-order valence-corrected chi connectivity index (χ2v) is 6.03. The molecule has 124 valence electrons. The summed E-state index contributed by atoms with van der Waals surface area (Å²) in [5.74, 6) is 2.03. The summed E-state index contributed by atoms with van der Waals surface area (Å²) in [4.78, 5) is 4.32. The Morgan fingerprint density at radius 1 is 1.08 bits per heavy atom. The standard InChI is InChI=1S/C17H16N2O4S/c1-19(24(20)21)12-3-5-13(6-4-12)23-17-9-10-18-16-11-14(22-2)7-8-15(16)17/h3-11H,1-2H3,(H,20,21). The van der Waals surface area contributed by atoms with Gasteiger partial charge in [-0.15, -0.1) is 0 Å². The van der Waals surface area contributed by atoms with Crippen molar-refractivity contribution in [2.75, 3.05) is 18.5 Å². The quantitative estimate of drug-likeness (QED) is 0.716. The summed E-state index contributed by atoms with van der Waals surface area (Å²) in [5.41, 5.74) is 1.39. The molecule has 0 aliphatic rings. The van der Waals surface area contributed by atoms with E-state index >= 15 is 0 Å². The molecule has 0 spiro atoms. The largest absolute Gasteiger partial charge is 0.497 e. The van der Waals surface area contributed by atoms with Gasteiger partial charge < -0.3 is 9.47 Å². The minimum atomic E-state index is -2.06. The molecule has 0 radical (unpaired) electrons. The smallest absolute Gasteiger partial charge is 0.261 e. The summed E-state index contributed by atoms with van der Waals surface area (Å²) in [7, 11) is 3.15. The highest BCUT2D eigenvalue weighted by Gasteiger charge is 2.08. The molecule has 1 heterocycles. The van der Waals surface area contributed by atoms with Crippen molar-refractivity contribution in [1.29, 1.82) is 0 Å². The van der Waals surface area contributed by atoms with Gasteiger partial charge in [-0.05, 0) is 42.5 Å². The van der Waals surface area contributed by atoms with Gasteiger partial charge >= 0.3 is 0 Å². The average molecular weight is 344 g/mol. The van der Waals surface area contributed by atoms with Gasteiger partial charge in [-0.2, -0.15) is 0 Å². The normalized spacial score (nSPS) is 12.0. The molecule has 3 rings (SSSR count). The third kappa shape index (κ3) is 3.32. The van der Waals surface area contributed by atoms with E-state index in [-0.39, 0.29) is 0 Å². The number of aromatic nitrogens is 1. The Morgan fingerprint density at radius 3 is 2.46 bits per heavy atom. The molecule has 1 atom stereocenters. The lowest BCUT2D eigenvalue weighted by molar-refractivity contribution is 0.415. The van der Waals surface area contributed by atoms with Crippen LogP contribution in [0, 0.1) is 0 Å². The Bertz CT molecular complexity index is 883. The van der Waals surface area contributed by atoms with Crippen LogP contribution in [0.25, 0.3) is 10.9 Å². The van der Waals surface area contributed by atoms with Crippen LogP contribution in [0.4, 0.5) is 5.69 Å². The van der Waals surface area contributed by atoms with E-state index in [2.05, 4.69) is 4.98 Å². The third-order valence-corrected chi connectivity index (χ3v) is 4.25. The fraction of sp³-hybridized carbons (Fsp3) is 0.118. The predicted octanol–water partition coefficient (Wildman–Crippen LogP) is 3.61. The lowest BCUT2D eigenvalue weighted by Gasteiger charge is -2.14. The fourth-order valence-corrected chi connectivity index (χ4v) is 2.56. The van der Waals surface area contributed by atoms with Gasteiger partial charge in [0.25, 0.3) is 11.3 Å². The third-order valence-electron chi connectivity index (χ3n) is 3.57. The molecule has 24 heavy (non-hydrogen) atoms. The van der Waals surface area contributed by atoms with Crippen LogP contribution in [-0.4, -0.2) is 27.9 Å². The molecule has 0 saturated heterocycles. The Labute approximate surface area is 142 Å². The number of fused-ring (bicyclic) bond motifs is 1. The van der Waals surface area contributed by atoms with Crippen LogP contribution in [0.3, 0.4) is 0 Å². The molecule has 0 aliphatic heterocycles. The van der Waals surface area contributed by atoms with E-state index in [4.69, 9.17) is 14.0 Å². The number of methoxy groups -OCH3 is 1. The van der Waals surface area contributed by atoms with Gasteiger partial charge in [-0.1, -0.05) is 0 Å². The van der Waals surface area contributed by atoms with Crippen molar-refractivity contribution in [2.45, 2.75) is 0 Å². The van der Waals surface area contributed by atoms with Crippen molar-refractivity contribution in [3.63, 3.8) is 0 Å². The number of benzene rings is 2. The van der Waals surface area contributed by atoms with E-state index < -0.39 is 11.3 Å². The number of hydrogen-bond acceptors (Lipinski definition) is 4. The maximum absolute atomic E-state index is 11.1. The summed E-state index contributed by atoms with van der Waals surface area (Å²) in [5, 5.41) is 0.871. The fourth-order valence-electron chi connectivity index (χ4n) is 2.26. The molecule has 1 unspecified atom stereocenters. The van der Waals surface area contributed by atoms with Crippen LogP contribution in [-0.2, 0) is 11.3 Å². The second kappa shape index (κ2) is 6.86. The van der Waals surface area contributed by atoms with Gasteiger partial charge in [0.2, 0.25) is 0 Å². The maximum Gasteiger partial charge on any atom is 0.261 e. The van der Waals surface area contributed by atoms with Crippen molar-refractivity contribution in [3.8, 4) is 17.2 Å². The van der Waals surface area contributed by atoms with Crippen molar-refractivity contribution >= 4 is 27.9 Å². The first-order valence-electron chi connectivity index (χ1n) is 7.14. The minimum absolute atomic E-state index is 0.618. The van der Waals surface area contributed by atoms with Crippen molar-refractivity contribution in [1.82, 2.24) is 4.98 Å². The first kappa shape index (κ1) is 16.2. The van der Waals surface area contributed by atoms with Crippen LogP contribution in [0.2, 0.25) is 0 Å². The first-order chi connectivity index (χ1) is 11.6. The van der Waals surface area contributed by atoms with E-state index in [0.717, 1.165) is 16.7 Å². The van der Waals surface area contributed by atoms with E-state index in [1.54, 1.807) is 43.6 Å². The molecular weight excluding hydrogens is 328 g/mol. The van der Waals surface area contributed by atoms with Gasteiger partial charge in [0.15, 0.2) is 0 Å². The van der Waals surface area contributed by atoms with Gasteiger partial charge in [0.05, 0.1) is 18.3 Å². The van der Waals surface area contributed by atoms with Crippen molar-refractivity contribution in [3.05, 3.63) is 54.7 Å². The zero-order chi connectivity index (χ0) is 17.1. The second-order valence-electron chi connectivity index (χ2n) is 5.02. The van der Waals surface area contributed by atoms with Crippen LogP contribution in [0.5, 0.6) is 17.2 Å². The molecule has 0 bridgehead atoms. The summed E-state index contributed by atoms with van der Waals surface area (Å²) in [6, 6.07) is 14.3. The zero-order valence-electron chi connectivity index (χ0n) is 13.2. The van der Waals surface area contributed by atoms with E-state index in [0.29, 0.717) is 17.2 Å². The molecular formula is C17H16N2O4S. The Morgan fingerprint density at radius 2 is 1.79 bits per heavy atom. The molecule has 1 N–H and O–H groups in total. The topological polar surface area (TPSA) is 71.9 Å². The van der Waals surface area contributed by atoms with Crippen LogP contribution < -0.4 is 13.8 Å². The van der Waals surface area contributed by atoms with Crippen molar-refractivity contribution in [2.24, 2.45) is 0 Å². The maximum atomic E-state index is 11.1. The molecule has 1 aromatic heterocycles. The summed E-state index contributed by atoms with van der Waals surface area (Å²) in [6.45, 7) is 0. The molecule has 3 aromatic rings. The van der Waals surface area contributed by atoms with Gasteiger partial charge in [0, 0.05) is 24.7 Å². The van der Waals surface area contributed by atoms with Crippen molar-refractivity contribution < 1.29 is 18.2 Å². The Balaban J connectivity index is 1.88. The first-order valence-corrected chi connectivity index (χ1v) is 8.20. The molecule has 0 aliphatic carbocycles. The van der Waals surface area contributed by atoms with Crippen LogP contribution >= 0.6 is 0 Å². The summed E-state index contributed by atoms with van der Waals surface area (Å²) >= 11 is -2.06. The lowest BCUT2D eigenvalue weighted by atomic mass is 10.2. The number of pyridine rings is 1. The van der Waals surface area contributed by atoms with E-state index in [1.807, 2.05) is 18.2 Å². The van der Waals surface area contributed by atoms with Gasteiger partial charge in [-0.25, -0.2) is 4.21 Å². The lowest BCUT2D eigenvalue weighted by Crippen LogP contribution is -2.18. The zero-order valence-corrected chi connectivity index (χ0v) is 14.0. The van der Waals surface area contributed by atoms with Crippen LogP contribution in [0.1, 0.15) is 0 Å². The molecule has 7 heteroatoms. The highest BCUT2D eigenvalue weighted by Crippen LogP contribution is 2.31. The highest BCUT2D eigenvalue weighted by atomic mass is 32.2. The molecule has 0 amide bonds. The number of hydrogen-bond donors (Lipinski definition) is 1. The predicted molar refractivity (Wildman–Crippen MR) is 94.0 cm³/mol. The minimum Gasteiger partial charge on any atom is -0.497 e. The number of nitrogens with zero attached hydrogens (tertiary/aromatic N) is 2. The summed E-state index contributed by atoms with van der Waals surface area (Å²) < 4.78 is 32.5. The van der Waals surface area contributed by atoms with Crippen LogP contribution in [0.15, 0.2) is 54.7 Å². The molecule has 0 saturated carbocycles. The van der Waals surface area contributed by atoms with E-state index in [9.17, 15) is 4.21 Å². The summed E-state index contributed by atoms with van der Waals surface area (Å²) in [6.07, 6.45) is 1.67. The number of ether oxygens (including phenoxy) is 2. The molecule has 6 nitrogen and oxygen atoms in total. The monoisotopic (exact) mass is 344 g/mol. The SMILES string of the molecule is COc1ccc2c(Oc3ccc(N(C)S(=O)O)cc3)ccnc2c1. The number of anilines is 1. The molecule has 2 aromatic carbocycles. The van der Waals surface area contributed by atoms with Gasteiger partial charge in [-0.3, -0.25) is 13.8 Å². The average Bonchev–Trinajstić information content (AvgIpc) is 2.61. The Kier molecular flexibility index (Phi) is 4.64. The number of rotatable bonds is 5.